The fourth-order valence-electron chi connectivity index (χ4n) is 4.34. The Kier molecular flexibility index (Phi) is 22.7. The molecule has 1 saturated heterocycles. The molecule has 1 aliphatic heterocycles. The summed E-state index contributed by atoms with van der Waals surface area (Å²) < 4.78 is 5.11. The van der Waals surface area contributed by atoms with Gasteiger partial charge in [0.05, 0.1) is 25.7 Å². The first-order valence-electron chi connectivity index (χ1n) is 16.9. The molecule has 3 amide bonds. The van der Waals surface area contributed by atoms with Crippen LogP contribution >= 0.6 is 0 Å². The highest BCUT2D eigenvalue weighted by molar-refractivity contribution is 5.96. The van der Waals surface area contributed by atoms with Crippen LogP contribution in [0, 0.1) is 18.8 Å². The Morgan fingerprint density at radius 2 is 1.32 bits per heavy atom. The molecule has 0 bridgehead atoms. The van der Waals surface area contributed by atoms with Gasteiger partial charge in [0.15, 0.2) is 5.78 Å². The minimum Gasteiger partial charge on any atom is -0.361 e. The van der Waals surface area contributed by atoms with Gasteiger partial charge in [-0.05, 0) is 57.4 Å². The lowest BCUT2D eigenvalue weighted by Gasteiger charge is -2.21. The fourth-order valence-corrected chi connectivity index (χ4v) is 4.34. The number of hydrogen-bond acceptors (Lipinski definition) is 6. The smallest absolute Gasteiger partial charge is 0.239 e. The zero-order valence-electron chi connectivity index (χ0n) is 30.5. The Bertz CT molecular complexity index is 1140. The minimum absolute atomic E-state index is 0.0897. The van der Waals surface area contributed by atoms with Gasteiger partial charge in [-0.25, -0.2) is 0 Å². The number of carbonyl (C=O) groups is 4. The highest BCUT2D eigenvalue weighted by Crippen LogP contribution is 2.29. The Balaban J connectivity index is 0.000000642. The third-order valence-electron chi connectivity index (χ3n) is 6.90. The molecule has 47 heavy (non-hydrogen) atoms. The van der Waals surface area contributed by atoms with Gasteiger partial charge in [0.2, 0.25) is 18.2 Å². The average molecular weight is 655 g/mol. The van der Waals surface area contributed by atoms with E-state index in [1.54, 1.807) is 6.92 Å². The Labute approximate surface area is 284 Å². The SMILES string of the molecule is CC(C)CC(C)NC(=O)CNC(C)C.CC(C)CC(NC(=O)CNC=O)C(=O)C1(C)CO1.CCc1ccccc1.Cc1ccccc1. The summed E-state index contributed by atoms with van der Waals surface area (Å²) in [4.78, 5) is 45.1. The van der Waals surface area contributed by atoms with Crippen molar-refractivity contribution in [3.8, 4) is 0 Å². The van der Waals surface area contributed by atoms with Crippen LogP contribution in [0.4, 0.5) is 0 Å². The van der Waals surface area contributed by atoms with Crippen LogP contribution in [0.25, 0.3) is 0 Å². The molecule has 264 valence electrons. The van der Waals surface area contributed by atoms with E-state index in [0.29, 0.717) is 37.9 Å². The normalized spacial score (nSPS) is 15.8. The largest absolute Gasteiger partial charge is 0.361 e. The summed E-state index contributed by atoms with van der Waals surface area (Å²) in [6, 6.07) is 20.8. The molecule has 3 unspecified atom stereocenters. The van der Waals surface area contributed by atoms with Gasteiger partial charge >= 0.3 is 0 Å². The van der Waals surface area contributed by atoms with Crippen molar-refractivity contribution in [2.24, 2.45) is 11.8 Å². The fraction of sp³-hybridized carbons (Fsp3) is 0.579. The van der Waals surface area contributed by atoms with E-state index in [1.165, 1.54) is 11.1 Å². The van der Waals surface area contributed by atoms with Crippen molar-refractivity contribution < 1.29 is 23.9 Å². The van der Waals surface area contributed by atoms with E-state index in [0.717, 1.165) is 12.8 Å². The maximum Gasteiger partial charge on any atom is 0.239 e. The number of benzene rings is 2. The van der Waals surface area contributed by atoms with E-state index in [9.17, 15) is 19.2 Å². The lowest BCUT2D eigenvalue weighted by Crippen LogP contribution is -2.48. The highest BCUT2D eigenvalue weighted by Gasteiger charge is 2.50. The summed E-state index contributed by atoms with van der Waals surface area (Å²) in [7, 11) is 0. The Hall–Kier alpha value is -3.56. The molecule has 0 spiro atoms. The molecule has 1 aliphatic rings. The van der Waals surface area contributed by atoms with Crippen LogP contribution in [0.1, 0.15) is 86.3 Å². The van der Waals surface area contributed by atoms with Crippen molar-refractivity contribution in [1.82, 2.24) is 21.3 Å². The van der Waals surface area contributed by atoms with E-state index < -0.39 is 11.6 Å². The Morgan fingerprint density at radius 1 is 0.809 bits per heavy atom. The van der Waals surface area contributed by atoms with Crippen LogP contribution in [0.5, 0.6) is 0 Å². The predicted octanol–water partition coefficient (Wildman–Crippen LogP) is 5.40. The number of ether oxygens (including phenoxy) is 1. The molecule has 2 aromatic carbocycles. The van der Waals surface area contributed by atoms with Gasteiger partial charge < -0.3 is 26.0 Å². The number of ketones is 1. The molecule has 4 N–H and O–H groups in total. The molecular weight excluding hydrogens is 592 g/mol. The van der Waals surface area contributed by atoms with Crippen LogP contribution < -0.4 is 21.3 Å². The van der Waals surface area contributed by atoms with Crippen LogP contribution in [0.15, 0.2) is 60.7 Å². The van der Waals surface area contributed by atoms with Gasteiger partial charge in [0.25, 0.3) is 0 Å². The standard InChI is InChI=1S/C12H20N2O4.C11H24N2O.C8H10.C7H8/c1-8(2)4-9(11(17)12(3)6-18-12)14-10(16)5-13-7-15;1-8(2)6-10(5)13-11(14)7-12-9(3)4;1-2-8-6-4-3-5-7-8;1-7-5-3-2-4-6-7/h7-9H,4-6H2,1-3H3,(H,13,15)(H,14,16);8-10,12H,6-7H2,1-5H3,(H,13,14);3-7H,2H2,1H3;2-6H,1H3. The van der Waals surface area contributed by atoms with E-state index in [2.05, 4.69) is 85.4 Å². The number of rotatable bonds is 15. The van der Waals surface area contributed by atoms with E-state index in [4.69, 9.17) is 4.74 Å². The molecule has 1 heterocycles. The van der Waals surface area contributed by atoms with Crippen LogP contribution in [0.2, 0.25) is 0 Å². The van der Waals surface area contributed by atoms with Gasteiger partial charge in [0, 0.05) is 12.1 Å². The summed E-state index contributed by atoms with van der Waals surface area (Å²) in [5.74, 6) is 0.525. The number of hydrogen-bond donors (Lipinski definition) is 4. The lowest BCUT2D eigenvalue weighted by molar-refractivity contribution is -0.130. The molecule has 3 rings (SSSR count). The molecule has 0 aliphatic carbocycles. The van der Waals surface area contributed by atoms with Gasteiger partial charge in [0.1, 0.15) is 5.60 Å². The number of epoxide rings is 1. The zero-order valence-corrected chi connectivity index (χ0v) is 30.5. The first-order valence-corrected chi connectivity index (χ1v) is 16.9. The molecule has 9 heteroatoms. The van der Waals surface area contributed by atoms with Crippen molar-refractivity contribution in [2.75, 3.05) is 19.7 Å². The second-order valence-electron chi connectivity index (χ2n) is 13.3. The first kappa shape index (κ1) is 43.4. The molecular formula is C38H62N4O5. The maximum absolute atomic E-state index is 12.1. The maximum atomic E-state index is 12.1. The summed E-state index contributed by atoms with van der Waals surface area (Å²) in [5, 5.41) is 11.0. The quantitative estimate of drug-likeness (QED) is 0.150. The van der Waals surface area contributed by atoms with Crippen molar-refractivity contribution in [2.45, 2.75) is 112 Å². The predicted molar refractivity (Wildman–Crippen MR) is 192 cm³/mol. The number of nitrogens with one attached hydrogen (secondary N) is 4. The monoisotopic (exact) mass is 654 g/mol. The lowest BCUT2D eigenvalue weighted by atomic mass is 9.93. The number of Topliss-reactive ketones (excluding diaryl/α,β-unsaturated/α-hetero) is 1. The van der Waals surface area contributed by atoms with Crippen molar-refractivity contribution in [3.05, 3.63) is 71.8 Å². The third-order valence-corrected chi connectivity index (χ3v) is 6.90. The second kappa shape index (κ2) is 24.6. The number of aryl methyl sites for hydroxylation is 2. The average Bonchev–Trinajstić information content (AvgIpc) is 3.77. The van der Waals surface area contributed by atoms with Gasteiger partial charge in [-0.1, -0.05) is 115 Å². The van der Waals surface area contributed by atoms with Crippen LogP contribution in [-0.2, 0) is 30.3 Å². The molecule has 3 atom stereocenters. The zero-order chi connectivity index (χ0) is 35.8. The van der Waals surface area contributed by atoms with Crippen molar-refractivity contribution >= 4 is 24.0 Å². The molecule has 2 aromatic rings. The summed E-state index contributed by atoms with van der Waals surface area (Å²) in [6.07, 6.45) is 3.18. The van der Waals surface area contributed by atoms with E-state index >= 15 is 0 Å². The number of amides is 3. The van der Waals surface area contributed by atoms with Gasteiger partial charge in [-0.2, -0.15) is 0 Å². The molecule has 0 saturated carbocycles. The Morgan fingerprint density at radius 3 is 1.70 bits per heavy atom. The van der Waals surface area contributed by atoms with Crippen molar-refractivity contribution in [1.29, 1.82) is 0 Å². The number of carbonyl (C=O) groups excluding carboxylic acids is 4. The van der Waals surface area contributed by atoms with Crippen LogP contribution in [0.3, 0.4) is 0 Å². The first-order chi connectivity index (χ1) is 22.1. The molecule has 0 radical (unpaired) electrons. The van der Waals surface area contributed by atoms with E-state index in [-0.39, 0.29) is 36.1 Å². The van der Waals surface area contributed by atoms with Crippen molar-refractivity contribution in [3.63, 3.8) is 0 Å². The molecule has 1 fully saturated rings. The topological polar surface area (TPSA) is 129 Å². The van der Waals surface area contributed by atoms with Gasteiger partial charge in [-0.3, -0.25) is 19.2 Å². The highest BCUT2D eigenvalue weighted by atomic mass is 16.6. The summed E-state index contributed by atoms with van der Waals surface area (Å²) >= 11 is 0. The second-order valence-corrected chi connectivity index (χ2v) is 13.3. The third kappa shape index (κ3) is 23.4. The van der Waals surface area contributed by atoms with E-state index in [1.807, 2.05) is 58.9 Å². The summed E-state index contributed by atoms with van der Waals surface area (Å²) in [5.41, 5.74) is 1.99. The van der Waals surface area contributed by atoms with Crippen LogP contribution in [-0.4, -0.2) is 67.4 Å². The molecule has 0 aromatic heterocycles. The molecule has 9 nitrogen and oxygen atoms in total. The summed E-state index contributed by atoms with van der Waals surface area (Å²) in [6.45, 7) is 21.1. The van der Waals surface area contributed by atoms with Gasteiger partial charge in [-0.15, -0.1) is 0 Å². The minimum atomic E-state index is -0.745.